The fourth-order valence-corrected chi connectivity index (χ4v) is 1.07. The zero-order valence-electron chi connectivity index (χ0n) is 9.15. The van der Waals surface area contributed by atoms with Crippen molar-refractivity contribution in [3.05, 3.63) is 0 Å². The van der Waals surface area contributed by atoms with E-state index in [4.69, 9.17) is 0 Å². The molecule has 0 aromatic rings. The number of rotatable bonds is 2. The van der Waals surface area contributed by atoms with Gasteiger partial charge < -0.3 is 10.6 Å². The van der Waals surface area contributed by atoms with Gasteiger partial charge in [-0.15, -0.1) is 0 Å². The largest absolute Gasteiger partial charge is 0.356 e. The molecule has 1 unspecified atom stereocenters. The summed E-state index contributed by atoms with van der Waals surface area (Å²) in [6.45, 7) is 12.0. The topological polar surface area (TPSA) is 36.4 Å². The number of nitrogens with one attached hydrogen (secondary N) is 2. The second-order valence-corrected chi connectivity index (χ2v) is 4.81. The van der Waals surface area contributed by atoms with Crippen molar-refractivity contribution in [3.8, 4) is 0 Å². The van der Waals surface area contributed by atoms with Gasteiger partial charge in [0, 0.05) is 13.1 Å². The highest BCUT2D eigenvalue weighted by molar-refractivity contribution is 5.81. The molecular formula is C10H21N3. The molecule has 76 valence electrons. The van der Waals surface area contributed by atoms with E-state index in [2.05, 4.69) is 43.3 Å². The Balaban J connectivity index is 2.25. The molecule has 1 atom stereocenters. The van der Waals surface area contributed by atoms with Crippen LogP contribution in [0.3, 0.4) is 0 Å². The van der Waals surface area contributed by atoms with Crippen molar-refractivity contribution in [2.24, 2.45) is 16.3 Å². The van der Waals surface area contributed by atoms with Gasteiger partial charge in [-0.25, -0.2) is 0 Å². The van der Waals surface area contributed by atoms with E-state index in [1.807, 2.05) is 0 Å². The highest BCUT2D eigenvalue weighted by Crippen LogP contribution is 2.24. The summed E-state index contributed by atoms with van der Waals surface area (Å²) >= 11 is 0. The number of hydrogen-bond donors (Lipinski definition) is 2. The van der Waals surface area contributed by atoms with Gasteiger partial charge in [0.2, 0.25) is 0 Å². The Morgan fingerprint density at radius 2 is 2.23 bits per heavy atom. The maximum Gasteiger partial charge on any atom is 0.191 e. The van der Waals surface area contributed by atoms with Crippen molar-refractivity contribution >= 4 is 5.96 Å². The number of hydrogen-bond acceptors (Lipinski definition) is 3. The average molecular weight is 183 g/mol. The molecular weight excluding hydrogens is 162 g/mol. The van der Waals surface area contributed by atoms with Gasteiger partial charge >= 0.3 is 0 Å². The number of nitrogens with zero attached hydrogens (tertiary/aromatic N) is 1. The van der Waals surface area contributed by atoms with E-state index in [1.54, 1.807) is 0 Å². The van der Waals surface area contributed by atoms with E-state index in [-0.39, 0.29) is 0 Å². The lowest BCUT2D eigenvalue weighted by atomic mass is 9.82. The summed E-state index contributed by atoms with van der Waals surface area (Å²) in [4.78, 5) is 4.28. The molecule has 0 fully saturated rings. The quantitative estimate of drug-likeness (QED) is 0.675. The molecule has 1 rings (SSSR count). The molecule has 1 heterocycles. The van der Waals surface area contributed by atoms with Gasteiger partial charge in [-0.3, -0.25) is 4.99 Å². The molecule has 0 amide bonds. The van der Waals surface area contributed by atoms with Gasteiger partial charge in [0.25, 0.3) is 0 Å². The van der Waals surface area contributed by atoms with Crippen molar-refractivity contribution in [2.75, 3.05) is 19.6 Å². The number of aliphatic imine (C=N–C) groups is 1. The van der Waals surface area contributed by atoms with Gasteiger partial charge in [0.05, 0.1) is 6.54 Å². The minimum atomic E-state index is 0.367. The molecule has 3 nitrogen and oxygen atoms in total. The Bertz CT molecular complexity index is 191. The molecule has 0 aromatic heterocycles. The van der Waals surface area contributed by atoms with Crippen LogP contribution in [0, 0.1) is 11.3 Å². The van der Waals surface area contributed by atoms with Crippen LogP contribution in [0.4, 0.5) is 0 Å². The van der Waals surface area contributed by atoms with Gasteiger partial charge in [0.15, 0.2) is 5.96 Å². The van der Waals surface area contributed by atoms with Crippen molar-refractivity contribution in [3.63, 3.8) is 0 Å². The third-order valence-corrected chi connectivity index (χ3v) is 2.73. The first-order chi connectivity index (χ1) is 6.00. The van der Waals surface area contributed by atoms with Gasteiger partial charge in [-0.1, -0.05) is 27.7 Å². The molecule has 0 saturated carbocycles. The van der Waals surface area contributed by atoms with Crippen molar-refractivity contribution < 1.29 is 0 Å². The average Bonchev–Trinajstić information content (AvgIpc) is 2.50. The van der Waals surface area contributed by atoms with Crippen molar-refractivity contribution in [2.45, 2.75) is 27.7 Å². The normalized spacial score (nSPS) is 19.2. The van der Waals surface area contributed by atoms with E-state index >= 15 is 0 Å². The van der Waals surface area contributed by atoms with Crippen LogP contribution >= 0.6 is 0 Å². The van der Waals surface area contributed by atoms with Crippen LogP contribution in [0.1, 0.15) is 27.7 Å². The Kier molecular flexibility index (Phi) is 3.17. The minimum Gasteiger partial charge on any atom is -0.356 e. The summed E-state index contributed by atoms with van der Waals surface area (Å²) in [7, 11) is 0. The Hall–Kier alpha value is -0.730. The molecule has 2 N–H and O–H groups in total. The fourth-order valence-electron chi connectivity index (χ4n) is 1.07. The van der Waals surface area contributed by atoms with E-state index in [9.17, 15) is 0 Å². The van der Waals surface area contributed by atoms with Crippen LogP contribution in [0.15, 0.2) is 4.99 Å². The Morgan fingerprint density at radius 1 is 1.54 bits per heavy atom. The third-order valence-electron chi connectivity index (χ3n) is 2.73. The van der Waals surface area contributed by atoms with Crippen LogP contribution in [0.2, 0.25) is 0 Å². The molecule has 0 radical (unpaired) electrons. The van der Waals surface area contributed by atoms with E-state index in [0.29, 0.717) is 11.3 Å². The second-order valence-electron chi connectivity index (χ2n) is 4.81. The SMILES string of the molecule is CC(CNC1=NCCN1)C(C)(C)C. The van der Waals surface area contributed by atoms with Crippen LogP contribution in [0.5, 0.6) is 0 Å². The first-order valence-electron chi connectivity index (χ1n) is 5.02. The molecule has 0 spiro atoms. The summed E-state index contributed by atoms with van der Waals surface area (Å²) in [5, 5.41) is 6.53. The Morgan fingerprint density at radius 3 is 2.69 bits per heavy atom. The zero-order valence-corrected chi connectivity index (χ0v) is 9.15. The maximum atomic E-state index is 4.28. The lowest BCUT2D eigenvalue weighted by Crippen LogP contribution is -2.39. The molecule has 0 bridgehead atoms. The standard InChI is InChI=1S/C10H21N3/c1-8(10(2,3)4)7-13-9-11-5-6-12-9/h8H,5-7H2,1-4H3,(H2,11,12,13). The van der Waals surface area contributed by atoms with Crippen molar-refractivity contribution in [1.29, 1.82) is 0 Å². The van der Waals surface area contributed by atoms with E-state index in [0.717, 1.165) is 25.6 Å². The summed E-state index contributed by atoms with van der Waals surface area (Å²) in [6.07, 6.45) is 0. The fraction of sp³-hybridized carbons (Fsp3) is 0.900. The summed E-state index contributed by atoms with van der Waals surface area (Å²) < 4.78 is 0. The lowest BCUT2D eigenvalue weighted by Gasteiger charge is -2.27. The predicted molar refractivity (Wildman–Crippen MR) is 56.9 cm³/mol. The molecule has 0 saturated heterocycles. The number of guanidine groups is 1. The molecule has 0 aliphatic carbocycles. The van der Waals surface area contributed by atoms with E-state index < -0.39 is 0 Å². The van der Waals surface area contributed by atoms with Gasteiger partial charge in [-0.2, -0.15) is 0 Å². The summed E-state index contributed by atoms with van der Waals surface area (Å²) in [5.41, 5.74) is 0.367. The summed E-state index contributed by atoms with van der Waals surface area (Å²) in [6, 6.07) is 0. The minimum absolute atomic E-state index is 0.367. The predicted octanol–water partition coefficient (Wildman–Crippen LogP) is 1.22. The van der Waals surface area contributed by atoms with Crippen LogP contribution in [-0.2, 0) is 0 Å². The zero-order chi connectivity index (χ0) is 9.90. The first kappa shape index (κ1) is 10.4. The summed E-state index contributed by atoms with van der Waals surface area (Å²) in [5.74, 6) is 1.62. The van der Waals surface area contributed by atoms with Crippen LogP contribution in [-0.4, -0.2) is 25.6 Å². The molecule has 0 aromatic carbocycles. The highest BCUT2D eigenvalue weighted by Gasteiger charge is 2.20. The third kappa shape index (κ3) is 3.25. The van der Waals surface area contributed by atoms with E-state index in [1.165, 1.54) is 0 Å². The maximum absolute atomic E-state index is 4.28. The van der Waals surface area contributed by atoms with Gasteiger partial charge in [0.1, 0.15) is 0 Å². The van der Waals surface area contributed by atoms with Crippen LogP contribution < -0.4 is 10.6 Å². The van der Waals surface area contributed by atoms with Crippen LogP contribution in [0.25, 0.3) is 0 Å². The molecule has 1 aliphatic rings. The second kappa shape index (κ2) is 3.99. The van der Waals surface area contributed by atoms with Crippen molar-refractivity contribution in [1.82, 2.24) is 10.6 Å². The lowest BCUT2D eigenvalue weighted by molar-refractivity contribution is 0.262. The smallest absolute Gasteiger partial charge is 0.191 e. The molecule has 13 heavy (non-hydrogen) atoms. The molecule has 1 aliphatic heterocycles. The van der Waals surface area contributed by atoms with Gasteiger partial charge in [-0.05, 0) is 11.3 Å². The first-order valence-corrected chi connectivity index (χ1v) is 5.02. The highest BCUT2D eigenvalue weighted by atomic mass is 15.2. The Labute approximate surface area is 81.0 Å². The molecule has 3 heteroatoms. The monoisotopic (exact) mass is 183 g/mol.